The summed E-state index contributed by atoms with van der Waals surface area (Å²) in [5.41, 5.74) is -0.544. The van der Waals surface area contributed by atoms with Crippen LogP contribution in [0.15, 0.2) is 54.6 Å². The molecule has 2 saturated heterocycles. The zero-order chi connectivity index (χ0) is 60.2. The molecule has 4 N–H and O–H groups in total. The van der Waals surface area contributed by atoms with Crippen molar-refractivity contribution in [3.05, 3.63) is 69.3 Å². The van der Waals surface area contributed by atoms with E-state index in [-0.39, 0.29) is 38.1 Å². The minimum atomic E-state index is -1.97. The van der Waals surface area contributed by atoms with Gasteiger partial charge in [0.1, 0.15) is 42.3 Å². The summed E-state index contributed by atoms with van der Waals surface area (Å²) >= 11 is 2.17. The van der Waals surface area contributed by atoms with Crippen molar-refractivity contribution in [1.82, 2.24) is 40.4 Å². The first-order valence-electron chi connectivity index (χ1n) is 28.4. The number of cyclic esters (lactones) is 1. The number of likely N-dealkylation sites (N-methyl/N-ethyl adjacent to an activating group) is 4. The Morgan fingerprint density at radius 1 is 0.625 bits per heavy atom. The zero-order valence-electron chi connectivity index (χ0n) is 50.1. The second-order valence-electron chi connectivity index (χ2n) is 23.8. The lowest BCUT2D eigenvalue weighted by Crippen LogP contribution is -2.63. The number of halogens is 1. The lowest BCUT2D eigenvalue weighted by atomic mass is 9.93. The quantitative estimate of drug-likeness (QED) is 0.154. The average molecular weight is 1230 g/mol. The number of hydrogen-bond donors (Lipinski definition) is 4. The fourth-order valence-corrected chi connectivity index (χ4v) is 11.6. The van der Waals surface area contributed by atoms with E-state index in [1.807, 2.05) is 70.2 Å². The molecule has 2 aliphatic heterocycles. The molecule has 0 aliphatic carbocycles. The van der Waals surface area contributed by atoms with Gasteiger partial charge in [-0.25, -0.2) is 4.79 Å². The molecule has 4 rings (SSSR count). The van der Waals surface area contributed by atoms with E-state index in [4.69, 9.17) is 4.74 Å². The molecular formula is C60H91IN8O11. The number of amides is 8. The topological polar surface area (TPSA) is 235 Å². The molecule has 2 aromatic carbocycles. The maximum absolute atomic E-state index is 15.4. The predicted molar refractivity (Wildman–Crippen MR) is 314 cm³/mol. The van der Waals surface area contributed by atoms with Crippen LogP contribution in [0.25, 0.3) is 0 Å². The van der Waals surface area contributed by atoms with Gasteiger partial charge in [0.05, 0.1) is 5.60 Å². The summed E-state index contributed by atoms with van der Waals surface area (Å²) in [6.07, 6.45) is 0.0862. The highest BCUT2D eigenvalue weighted by atomic mass is 127. The second-order valence-corrected chi connectivity index (χ2v) is 25.1. The highest BCUT2D eigenvalue weighted by Crippen LogP contribution is 2.28. The van der Waals surface area contributed by atoms with Crippen molar-refractivity contribution in [2.45, 2.75) is 188 Å². The van der Waals surface area contributed by atoms with E-state index in [1.165, 1.54) is 61.6 Å². The number of nitrogens with one attached hydrogen (secondary N) is 3. The number of carbonyl (C=O) groups is 9. The Labute approximate surface area is 488 Å². The smallest absolute Gasteiger partial charge is 0.332 e. The van der Waals surface area contributed by atoms with Crippen LogP contribution in [0.1, 0.15) is 126 Å². The summed E-state index contributed by atoms with van der Waals surface area (Å²) in [7, 11) is 5.68. The SMILES string of the molecule is CCC(C)[C@@H]1NC(=O)[C@@H]2CCCN2C(=O)[C@H](Cc2cccc(I)c2)N(C)C(=O)[C@H](Cc2ccccc2)NC(=O)[C@H](C(C)C)N(C)C(=O)[C@@H](C(C)CC)OC(=O)[C@H](C(C)(C)O)N(C)C(=O)[C@H](CC(C)C)NC(=O)[C@H](C(C)C)N(C)C1=O. The second kappa shape index (κ2) is 29.4. The first kappa shape index (κ1) is 66.9. The van der Waals surface area contributed by atoms with E-state index in [9.17, 15) is 38.7 Å². The summed E-state index contributed by atoms with van der Waals surface area (Å²) in [5.74, 6) is -8.66. The van der Waals surface area contributed by atoms with Gasteiger partial charge in [-0.2, -0.15) is 0 Å². The van der Waals surface area contributed by atoms with Crippen molar-refractivity contribution in [3.8, 4) is 0 Å². The summed E-state index contributed by atoms with van der Waals surface area (Å²) in [6, 6.07) is 6.46. The van der Waals surface area contributed by atoms with E-state index in [0.717, 1.165) is 14.0 Å². The lowest BCUT2D eigenvalue weighted by molar-refractivity contribution is -0.177. The van der Waals surface area contributed by atoms with E-state index in [0.29, 0.717) is 24.8 Å². The molecule has 0 saturated carbocycles. The summed E-state index contributed by atoms with van der Waals surface area (Å²) in [5, 5.41) is 20.5. The fourth-order valence-electron chi connectivity index (χ4n) is 11.0. The molecule has 2 fully saturated rings. The highest BCUT2D eigenvalue weighted by Gasteiger charge is 2.48. The molecule has 19 nitrogen and oxygen atoms in total. The van der Waals surface area contributed by atoms with E-state index in [1.54, 1.807) is 53.7 Å². The van der Waals surface area contributed by atoms with Crippen LogP contribution < -0.4 is 16.0 Å². The molecule has 2 aliphatic rings. The van der Waals surface area contributed by atoms with Crippen LogP contribution in [0.4, 0.5) is 0 Å². The predicted octanol–water partition coefficient (Wildman–Crippen LogP) is 4.98. The van der Waals surface area contributed by atoms with Crippen molar-refractivity contribution in [2.24, 2.45) is 29.6 Å². The first-order valence-corrected chi connectivity index (χ1v) is 29.4. The number of hydrogen-bond acceptors (Lipinski definition) is 11. The Morgan fingerprint density at radius 3 is 1.69 bits per heavy atom. The van der Waals surface area contributed by atoms with Gasteiger partial charge >= 0.3 is 5.97 Å². The van der Waals surface area contributed by atoms with Crippen molar-refractivity contribution in [3.63, 3.8) is 0 Å². The molecule has 0 bridgehead atoms. The molecule has 2 heterocycles. The molecule has 80 heavy (non-hydrogen) atoms. The van der Waals surface area contributed by atoms with E-state index >= 15 is 9.59 Å². The van der Waals surface area contributed by atoms with Crippen LogP contribution >= 0.6 is 22.6 Å². The largest absolute Gasteiger partial charge is 0.450 e. The van der Waals surface area contributed by atoms with Gasteiger partial charge in [-0.05, 0) is 109 Å². The van der Waals surface area contributed by atoms with Crippen molar-refractivity contribution < 1.29 is 53.0 Å². The Bertz CT molecular complexity index is 2500. The lowest BCUT2D eigenvalue weighted by Gasteiger charge is -2.39. The third-order valence-electron chi connectivity index (χ3n) is 15.9. The number of aliphatic hydroxyl groups is 1. The normalized spacial score (nSPS) is 26.3. The summed E-state index contributed by atoms with van der Waals surface area (Å²) < 4.78 is 6.99. The summed E-state index contributed by atoms with van der Waals surface area (Å²) in [4.78, 5) is 141. The molecule has 2 unspecified atom stereocenters. The van der Waals surface area contributed by atoms with E-state index in [2.05, 4.69) is 38.5 Å². The van der Waals surface area contributed by atoms with Gasteiger partial charge in [-0.15, -0.1) is 0 Å². The van der Waals surface area contributed by atoms with Crippen LogP contribution in [0.2, 0.25) is 0 Å². The van der Waals surface area contributed by atoms with Gasteiger partial charge in [0.25, 0.3) is 5.91 Å². The maximum atomic E-state index is 15.4. The minimum absolute atomic E-state index is 0.00885. The van der Waals surface area contributed by atoms with Crippen LogP contribution in [-0.4, -0.2) is 178 Å². The number of rotatable bonds is 13. The van der Waals surface area contributed by atoms with Gasteiger partial charge in [-0.3, -0.25) is 38.4 Å². The van der Waals surface area contributed by atoms with Crippen LogP contribution in [0.3, 0.4) is 0 Å². The number of esters is 1. The van der Waals surface area contributed by atoms with Gasteiger partial charge in [0.2, 0.25) is 41.4 Å². The standard InChI is InChI=1S/C60H91IN8O11/c1-17-37(9)46-57(76)66(14)47(35(5)6)52(71)62-42(30-34(3)4)55(74)68(16)50(60(11,12)79)59(78)80-49(38(10)18-2)58(77)67(15)48(36(7)8)53(72)63-43(32-39-24-20-19-21-25-39)54(73)65(13)45(33-40-26-22-27-41(61)31-40)56(75)69-29-23-28-44(69)51(70)64-46/h19-22,24-27,31,34-38,42-50,79H,17-18,23,28-30,32-33H2,1-16H3,(H,62,71)(H,63,72)(H,64,70)/t37?,38?,42-,43-,44-,45-,46-,47-,48-,49+,50+/m0/s1. The van der Waals surface area contributed by atoms with Crippen molar-refractivity contribution in [1.29, 1.82) is 0 Å². The van der Waals surface area contributed by atoms with Crippen LogP contribution in [-0.2, 0) is 60.7 Å². The first-order chi connectivity index (χ1) is 37.4. The molecule has 2 aromatic rings. The molecule has 11 atom stereocenters. The Kier molecular flexibility index (Phi) is 24.5. The Hall–Kier alpha value is -5.64. The molecule has 444 valence electrons. The molecule has 0 radical (unpaired) electrons. The third kappa shape index (κ3) is 16.7. The molecule has 20 heteroatoms. The molecule has 0 spiro atoms. The Morgan fingerprint density at radius 2 is 1.16 bits per heavy atom. The third-order valence-corrected chi connectivity index (χ3v) is 16.5. The monoisotopic (exact) mass is 1230 g/mol. The van der Waals surface area contributed by atoms with E-state index < -0.39 is 137 Å². The molecular weight excluding hydrogens is 1140 g/mol. The maximum Gasteiger partial charge on any atom is 0.332 e. The minimum Gasteiger partial charge on any atom is -0.450 e. The van der Waals surface area contributed by atoms with Gasteiger partial charge in [-0.1, -0.05) is 118 Å². The molecule has 8 amide bonds. The highest BCUT2D eigenvalue weighted by molar-refractivity contribution is 14.1. The number of benzene rings is 2. The average Bonchev–Trinajstić information content (AvgIpc) is 3.90. The van der Waals surface area contributed by atoms with Gasteiger partial charge in [0, 0.05) is 57.1 Å². The fraction of sp³-hybridized carbons (Fsp3) is 0.650. The van der Waals surface area contributed by atoms with Crippen LogP contribution in [0, 0.1) is 33.2 Å². The van der Waals surface area contributed by atoms with Crippen molar-refractivity contribution >= 4 is 75.8 Å². The van der Waals surface area contributed by atoms with Gasteiger partial charge in [0.15, 0.2) is 12.1 Å². The summed E-state index contributed by atoms with van der Waals surface area (Å²) in [6.45, 7) is 20.7. The van der Waals surface area contributed by atoms with Gasteiger partial charge < -0.3 is 50.3 Å². The Balaban J connectivity index is 1.99. The number of nitrogens with zero attached hydrogens (tertiary/aromatic N) is 5. The number of fused-ring (bicyclic) bond motifs is 1. The van der Waals surface area contributed by atoms with Crippen LogP contribution in [0.5, 0.6) is 0 Å². The zero-order valence-corrected chi connectivity index (χ0v) is 52.2. The molecule has 0 aromatic heterocycles. The van der Waals surface area contributed by atoms with Crippen molar-refractivity contribution in [2.75, 3.05) is 34.7 Å². The number of ether oxygens (including phenoxy) is 1. The number of carbonyl (C=O) groups excluding carboxylic acids is 9.